The van der Waals surface area contributed by atoms with Gasteiger partial charge >= 0.3 is 0 Å². The van der Waals surface area contributed by atoms with E-state index < -0.39 is 0 Å². The van der Waals surface area contributed by atoms with E-state index in [2.05, 4.69) is 52.4 Å². The van der Waals surface area contributed by atoms with Gasteiger partial charge in [0.2, 0.25) is 0 Å². The number of halogens is 2. The van der Waals surface area contributed by atoms with Crippen LogP contribution in [-0.4, -0.2) is 13.2 Å². The SMILES string of the molecule is CCNC(c1cc(Cl)cc(Br)c1)c1cccc2c1OCC2. The summed E-state index contributed by atoms with van der Waals surface area (Å²) in [5.41, 5.74) is 3.61. The fourth-order valence-electron chi connectivity index (χ4n) is 2.82. The van der Waals surface area contributed by atoms with Crippen LogP contribution in [0.1, 0.15) is 29.7 Å². The van der Waals surface area contributed by atoms with Crippen LogP contribution in [0.2, 0.25) is 5.02 Å². The highest BCUT2D eigenvalue weighted by atomic mass is 79.9. The first-order valence-corrected chi connectivity index (χ1v) is 8.30. The van der Waals surface area contributed by atoms with Crippen LogP contribution in [0.3, 0.4) is 0 Å². The molecule has 1 heterocycles. The number of benzene rings is 2. The normalized spacial score (nSPS) is 14.6. The summed E-state index contributed by atoms with van der Waals surface area (Å²) in [5, 5.41) is 4.27. The zero-order chi connectivity index (χ0) is 14.8. The molecule has 0 radical (unpaired) electrons. The van der Waals surface area contributed by atoms with E-state index in [1.54, 1.807) is 0 Å². The second-order valence-corrected chi connectivity index (χ2v) is 6.48. The first kappa shape index (κ1) is 14.9. The van der Waals surface area contributed by atoms with Crippen molar-refractivity contribution >= 4 is 27.5 Å². The lowest BCUT2D eigenvalue weighted by molar-refractivity contribution is 0.350. The van der Waals surface area contributed by atoms with E-state index in [-0.39, 0.29) is 6.04 Å². The van der Waals surface area contributed by atoms with Crippen LogP contribution in [0.15, 0.2) is 40.9 Å². The standard InChI is InChI=1S/C17H17BrClNO/c1-2-20-16(12-8-13(18)10-14(19)9-12)15-5-3-4-11-6-7-21-17(11)15/h3-5,8-10,16,20H,2,6-7H2,1H3. The van der Waals surface area contributed by atoms with Crippen LogP contribution in [-0.2, 0) is 6.42 Å². The van der Waals surface area contributed by atoms with Gasteiger partial charge in [0, 0.05) is 21.5 Å². The topological polar surface area (TPSA) is 21.3 Å². The first-order chi connectivity index (χ1) is 10.2. The molecule has 110 valence electrons. The number of ether oxygens (including phenoxy) is 1. The molecular formula is C17H17BrClNO. The van der Waals surface area contributed by atoms with Crippen molar-refractivity contribution < 1.29 is 4.74 Å². The second kappa shape index (κ2) is 6.39. The van der Waals surface area contributed by atoms with E-state index in [9.17, 15) is 0 Å². The maximum absolute atomic E-state index is 6.21. The fourth-order valence-corrected chi connectivity index (χ4v) is 3.71. The van der Waals surface area contributed by atoms with Crippen molar-refractivity contribution in [3.8, 4) is 5.75 Å². The number of hydrogen-bond acceptors (Lipinski definition) is 2. The van der Waals surface area contributed by atoms with Crippen LogP contribution in [0.4, 0.5) is 0 Å². The van der Waals surface area contributed by atoms with E-state index in [0.29, 0.717) is 0 Å². The number of fused-ring (bicyclic) bond motifs is 1. The third-order valence-electron chi connectivity index (χ3n) is 3.68. The molecule has 1 aliphatic rings. The van der Waals surface area contributed by atoms with Crippen molar-refractivity contribution in [1.29, 1.82) is 0 Å². The Kier molecular flexibility index (Phi) is 4.53. The number of hydrogen-bond donors (Lipinski definition) is 1. The Balaban J connectivity index is 2.08. The Morgan fingerprint density at radius 1 is 1.33 bits per heavy atom. The molecule has 1 aliphatic heterocycles. The summed E-state index contributed by atoms with van der Waals surface area (Å²) in [6, 6.07) is 12.5. The molecule has 0 spiro atoms. The first-order valence-electron chi connectivity index (χ1n) is 7.13. The molecule has 21 heavy (non-hydrogen) atoms. The molecule has 0 aliphatic carbocycles. The van der Waals surface area contributed by atoms with Crippen molar-refractivity contribution in [1.82, 2.24) is 5.32 Å². The molecule has 0 aromatic heterocycles. The average molecular weight is 367 g/mol. The highest BCUT2D eigenvalue weighted by molar-refractivity contribution is 9.10. The van der Waals surface area contributed by atoms with Crippen LogP contribution in [0.25, 0.3) is 0 Å². The number of rotatable bonds is 4. The van der Waals surface area contributed by atoms with Crippen molar-refractivity contribution in [3.05, 3.63) is 62.6 Å². The van der Waals surface area contributed by atoms with E-state index in [0.717, 1.165) is 40.4 Å². The molecule has 4 heteroatoms. The van der Waals surface area contributed by atoms with Crippen molar-refractivity contribution in [2.75, 3.05) is 13.2 Å². The molecule has 0 amide bonds. The second-order valence-electron chi connectivity index (χ2n) is 5.13. The highest BCUT2D eigenvalue weighted by Gasteiger charge is 2.23. The summed E-state index contributed by atoms with van der Waals surface area (Å²) >= 11 is 9.73. The molecular weight excluding hydrogens is 350 g/mol. The zero-order valence-corrected chi connectivity index (χ0v) is 14.2. The van der Waals surface area contributed by atoms with Crippen molar-refractivity contribution in [2.45, 2.75) is 19.4 Å². The van der Waals surface area contributed by atoms with Crippen molar-refractivity contribution in [3.63, 3.8) is 0 Å². The smallest absolute Gasteiger partial charge is 0.127 e. The van der Waals surface area contributed by atoms with E-state index in [1.165, 1.54) is 11.1 Å². The summed E-state index contributed by atoms with van der Waals surface area (Å²) in [6.45, 7) is 3.75. The van der Waals surface area contributed by atoms with Gasteiger partial charge in [0.05, 0.1) is 12.6 Å². The largest absolute Gasteiger partial charge is 0.493 e. The van der Waals surface area contributed by atoms with E-state index >= 15 is 0 Å². The lowest BCUT2D eigenvalue weighted by Crippen LogP contribution is -2.22. The Bertz CT molecular complexity index is 639. The van der Waals surface area contributed by atoms with Crippen LogP contribution in [0.5, 0.6) is 5.75 Å². The Morgan fingerprint density at radius 3 is 2.95 bits per heavy atom. The molecule has 2 aromatic rings. The number of nitrogens with one attached hydrogen (secondary N) is 1. The van der Waals surface area contributed by atoms with Gasteiger partial charge in [-0.1, -0.05) is 52.7 Å². The highest BCUT2D eigenvalue weighted by Crippen LogP contribution is 2.37. The maximum atomic E-state index is 6.21. The van der Waals surface area contributed by atoms with Crippen LogP contribution in [0, 0.1) is 0 Å². The Hall–Kier alpha value is -1.03. The van der Waals surface area contributed by atoms with Crippen molar-refractivity contribution in [2.24, 2.45) is 0 Å². The lowest BCUT2D eigenvalue weighted by atomic mass is 9.96. The van der Waals surface area contributed by atoms with Gasteiger partial charge in [0.15, 0.2) is 0 Å². The summed E-state index contributed by atoms with van der Waals surface area (Å²) in [4.78, 5) is 0. The Labute approximate surface area is 138 Å². The van der Waals surface area contributed by atoms with Gasteiger partial charge in [-0.3, -0.25) is 0 Å². The van der Waals surface area contributed by atoms with Gasteiger partial charge in [-0.05, 0) is 35.9 Å². The quantitative estimate of drug-likeness (QED) is 0.844. The maximum Gasteiger partial charge on any atom is 0.127 e. The third-order valence-corrected chi connectivity index (χ3v) is 4.36. The van der Waals surface area contributed by atoms with Crippen LogP contribution >= 0.6 is 27.5 Å². The van der Waals surface area contributed by atoms with Gasteiger partial charge in [0.1, 0.15) is 5.75 Å². The van der Waals surface area contributed by atoms with Crippen LogP contribution < -0.4 is 10.1 Å². The van der Waals surface area contributed by atoms with Gasteiger partial charge in [-0.25, -0.2) is 0 Å². The minimum Gasteiger partial charge on any atom is -0.493 e. The summed E-state index contributed by atoms with van der Waals surface area (Å²) in [5.74, 6) is 1.03. The predicted octanol–water partition coefficient (Wildman–Crippen LogP) is 4.74. The van der Waals surface area contributed by atoms with E-state index in [1.807, 2.05) is 12.1 Å². The molecule has 0 fully saturated rings. The monoisotopic (exact) mass is 365 g/mol. The summed E-state index contributed by atoms with van der Waals surface area (Å²) in [6.07, 6.45) is 0.987. The summed E-state index contributed by atoms with van der Waals surface area (Å²) in [7, 11) is 0. The third kappa shape index (κ3) is 3.10. The minimum absolute atomic E-state index is 0.0815. The molecule has 3 rings (SSSR count). The van der Waals surface area contributed by atoms with Gasteiger partial charge in [-0.2, -0.15) is 0 Å². The average Bonchev–Trinajstić information content (AvgIpc) is 2.92. The van der Waals surface area contributed by atoms with Gasteiger partial charge < -0.3 is 10.1 Å². The molecule has 2 aromatic carbocycles. The Morgan fingerprint density at radius 2 is 2.19 bits per heavy atom. The predicted molar refractivity (Wildman–Crippen MR) is 90.3 cm³/mol. The number of para-hydroxylation sites is 1. The molecule has 1 atom stereocenters. The lowest BCUT2D eigenvalue weighted by Gasteiger charge is -2.21. The fraction of sp³-hybridized carbons (Fsp3) is 0.294. The molecule has 1 N–H and O–H groups in total. The molecule has 1 unspecified atom stereocenters. The molecule has 0 saturated heterocycles. The molecule has 0 bridgehead atoms. The zero-order valence-electron chi connectivity index (χ0n) is 11.8. The molecule has 0 saturated carbocycles. The van der Waals surface area contributed by atoms with E-state index in [4.69, 9.17) is 16.3 Å². The minimum atomic E-state index is 0.0815. The molecule has 2 nitrogen and oxygen atoms in total. The van der Waals surface area contributed by atoms with Gasteiger partial charge in [0.25, 0.3) is 0 Å². The van der Waals surface area contributed by atoms with Gasteiger partial charge in [-0.15, -0.1) is 0 Å². The summed E-state index contributed by atoms with van der Waals surface area (Å²) < 4.78 is 6.84.